The molecule has 30 heavy (non-hydrogen) atoms. The van der Waals surface area contributed by atoms with E-state index in [-0.39, 0.29) is 6.04 Å². The zero-order valence-electron chi connectivity index (χ0n) is 16.8. The van der Waals surface area contributed by atoms with Crippen LogP contribution in [0.4, 0.5) is 11.6 Å². The van der Waals surface area contributed by atoms with Gasteiger partial charge in [-0.2, -0.15) is 5.10 Å². The highest BCUT2D eigenvalue weighted by Gasteiger charge is 2.24. The lowest BCUT2D eigenvalue weighted by Crippen LogP contribution is -2.56. The van der Waals surface area contributed by atoms with Gasteiger partial charge in [-0.05, 0) is 35.2 Å². The van der Waals surface area contributed by atoms with E-state index in [1.165, 1.54) is 0 Å². The fourth-order valence-corrected chi connectivity index (χ4v) is 3.66. The van der Waals surface area contributed by atoms with Gasteiger partial charge in [0.2, 0.25) is 0 Å². The molecular weight excluding hydrogens is 374 g/mol. The standard InChI is InChI=1S/C23H23N7/c1-15(16-5-6-25-23(9-16)30-13-21(24)14-30)28-22-8-19-7-17(3-4-18(19)10-26-22)20-11-27-29(2)12-20/h3-12,21H,1,13-14,24H2,2H3,(H,26,28). The second-order valence-corrected chi connectivity index (χ2v) is 7.71. The molecular formula is C23H23N7. The van der Waals surface area contributed by atoms with Gasteiger partial charge < -0.3 is 16.0 Å². The van der Waals surface area contributed by atoms with Crippen LogP contribution in [0, 0.1) is 0 Å². The van der Waals surface area contributed by atoms with Gasteiger partial charge in [0.05, 0.1) is 6.20 Å². The van der Waals surface area contributed by atoms with Gasteiger partial charge in [-0.1, -0.05) is 18.7 Å². The first-order valence-corrected chi connectivity index (χ1v) is 9.87. The topological polar surface area (TPSA) is 84.9 Å². The van der Waals surface area contributed by atoms with Crippen LogP contribution in [0.15, 0.2) is 67.8 Å². The van der Waals surface area contributed by atoms with Crippen LogP contribution < -0.4 is 16.0 Å². The Labute approximate surface area is 174 Å². The maximum Gasteiger partial charge on any atom is 0.130 e. The second kappa shape index (κ2) is 7.27. The van der Waals surface area contributed by atoms with Crippen LogP contribution in [-0.4, -0.2) is 38.9 Å². The molecule has 1 aromatic carbocycles. The van der Waals surface area contributed by atoms with Crippen molar-refractivity contribution in [3.05, 3.63) is 73.3 Å². The third-order valence-electron chi connectivity index (χ3n) is 5.37. The van der Waals surface area contributed by atoms with Gasteiger partial charge in [0.15, 0.2) is 0 Å². The summed E-state index contributed by atoms with van der Waals surface area (Å²) in [6.45, 7) is 5.86. The van der Waals surface area contributed by atoms with E-state index in [0.29, 0.717) is 0 Å². The van der Waals surface area contributed by atoms with E-state index in [1.54, 1.807) is 10.9 Å². The summed E-state index contributed by atoms with van der Waals surface area (Å²) in [5.41, 5.74) is 9.85. The van der Waals surface area contributed by atoms with Crippen LogP contribution in [0.3, 0.4) is 0 Å². The molecule has 0 unspecified atom stereocenters. The van der Waals surface area contributed by atoms with Crippen molar-refractivity contribution >= 4 is 28.1 Å². The predicted octanol–water partition coefficient (Wildman–Crippen LogP) is 3.26. The Kier molecular flexibility index (Phi) is 4.44. The number of rotatable bonds is 5. The van der Waals surface area contributed by atoms with E-state index in [2.05, 4.69) is 50.1 Å². The average Bonchev–Trinajstić information content (AvgIpc) is 3.17. The molecule has 5 rings (SSSR count). The largest absolute Gasteiger partial charge is 0.353 e. The molecule has 7 heteroatoms. The molecule has 1 fully saturated rings. The summed E-state index contributed by atoms with van der Waals surface area (Å²) in [5.74, 6) is 1.67. The van der Waals surface area contributed by atoms with Crippen LogP contribution in [0.25, 0.3) is 27.6 Å². The van der Waals surface area contributed by atoms with Crippen molar-refractivity contribution in [3.8, 4) is 11.1 Å². The van der Waals surface area contributed by atoms with Crippen molar-refractivity contribution in [2.45, 2.75) is 6.04 Å². The third-order valence-corrected chi connectivity index (χ3v) is 5.37. The van der Waals surface area contributed by atoms with Crippen LogP contribution >= 0.6 is 0 Å². The summed E-state index contributed by atoms with van der Waals surface area (Å²) in [6, 6.07) is 12.6. The molecule has 150 valence electrons. The molecule has 1 aliphatic rings. The summed E-state index contributed by atoms with van der Waals surface area (Å²) in [4.78, 5) is 11.2. The number of hydrogen-bond donors (Lipinski definition) is 2. The van der Waals surface area contributed by atoms with Crippen molar-refractivity contribution in [2.75, 3.05) is 23.3 Å². The predicted molar refractivity (Wildman–Crippen MR) is 121 cm³/mol. The monoisotopic (exact) mass is 397 g/mol. The van der Waals surface area contributed by atoms with E-state index < -0.39 is 0 Å². The Morgan fingerprint density at radius 2 is 1.93 bits per heavy atom. The molecule has 4 aromatic rings. The average molecular weight is 397 g/mol. The maximum atomic E-state index is 5.89. The van der Waals surface area contributed by atoms with Crippen LogP contribution in [0.2, 0.25) is 0 Å². The quantitative estimate of drug-likeness (QED) is 0.538. The molecule has 0 amide bonds. The summed E-state index contributed by atoms with van der Waals surface area (Å²) in [5, 5.41) is 9.78. The number of nitrogens with zero attached hydrogens (tertiary/aromatic N) is 5. The Balaban J connectivity index is 1.38. The molecule has 0 atom stereocenters. The number of anilines is 2. The number of nitrogens with two attached hydrogens (primary N) is 1. The lowest BCUT2D eigenvalue weighted by molar-refractivity contribution is 0.514. The molecule has 1 saturated heterocycles. The zero-order valence-corrected chi connectivity index (χ0v) is 16.8. The first-order valence-electron chi connectivity index (χ1n) is 9.87. The molecule has 4 heterocycles. The summed E-state index contributed by atoms with van der Waals surface area (Å²) >= 11 is 0. The van der Waals surface area contributed by atoms with E-state index in [9.17, 15) is 0 Å². The normalized spacial score (nSPS) is 14.0. The highest BCUT2D eigenvalue weighted by molar-refractivity contribution is 5.89. The summed E-state index contributed by atoms with van der Waals surface area (Å²) in [6.07, 6.45) is 7.55. The van der Waals surface area contributed by atoms with Crippen molar-refractivity contribution < 1.29 is 0 Å². The van der Waals surface area contributed by atoms with Gasteiger partial charge in [-0.15, -0.1) is 0 Å². The number of aryl methyl sites for hydroxylation is 1. The minimum atomic E-state index is 0.232. The second-order valence-electron chi connectivity index (χ2n) is 7.71. The SMILES string of the molecule is C=C(Nc1cc2cc(-c3cnn(C)c3)ccc2cn1)c1ccnc(N2CC(N)C2)c1. The van der Waals surface area contributed by atoms with Gasteiger partial charge >= 0.3 is 0 Å². The van der Waals surface area contributed by atoms with E-state index in [1.807, 2.05) is 43.8 Å². The fraction of sp³-hybridized carbons (Fsp3) is 0.174. The Morgan fingerprint density at radius 1 is 1.07 bits per heavy atom. The number of pyridine rings is 2. The molecule has 1 aliphatic heterocycles. The van der Waals surface area contributed by atoms with Crippen molar-refractivity contribution in [1.29, 1.82) is 0 Å². The van der Waals surface area contributed by atoms with Crippen LogP contribution in [0.5, 0.6) is 0 Å². The number of hydrogen-bond acceptors (Lipinski definition) is 6. The highest BCUT2D eigenvalue weighted by Crippen LogP contribution is 2.27. The maximum absolute atomic E-state index is 5.89. The van der Waals surface area contributed by atoms with Gasteiger partial charge in [0, 0.05) is 67.0 Å². The van der Waals surface area contributed by atoms with Crippen molar-refractivity contribution in [3.63, 3.8) is 0 Å². The number of aromatic nitrogens is 4. The first kappa shape index (κ1) is 18.3. The molecule has 0 aliphatic carbocycles. The van der Waals surface area contributed by atoms with Gasteiger partial charge in [0.25, 0.3) is 0 Å². The lowest BCUT2D eigenvalue weighted by atomic mass is 10.0. The van der Waals surface area contributed by atoms with Crippen LogP contribution in [-0.2, 0) is 7.05 Å². The Hall–Kier alpha value is -3.71. The van der Waals surface area contributed by atoms with Gasteiger partial charge in [-0.25, -0.2) is 9.97 Å². The van der Waals surface area contributed by atoms with Crippen molar-refractivity contribution in [1.82, 2.24) is 19.7 Å². The summed E-state index contributed by atoms with van der Waals surface area (Å²) in [7, 11) is 1.92. The summed E-state index contributed by atoms with van der Waals surface area (Å²) < 4.78 is 1.81. The molecule has 0 bridgehead atoms. The van der Waals surface area contributed by atoms with Gasteiger partial charge in [0.1, 0.15) is 11.6 Å². The van der Waals surface area contributed by atoms with Gasteiger partial charge in [-0.3, -0.25) is 4.68 Å². The molecule has 3 aromatic heterocycles. The molecule has 0 saturated carbocycles. The number of nitrogens with one attached hydrogen (secondary N) is 1. The minimum absolute atomic E-state index is 0.232. The molecule has 0 radical (unpaired) electrons. The number of benzene rings is 1. The molecule has 3 N–H and O–H groups in total. The van der Waals surface area contributed by atoms with Crippen LogP contribution in [0.1, 0.15) is 5.56 Å². The highest BCUT2D eigenvalue weighted by atomic mass is 15.3. The number of fused-ring (bicyclic) bond motifs is 1. The minimum Gasteiger partial charge on any atom is -0.353 e. The Bertz CT molecular complexity index is 1240. The third kappa shape index (κ3) is 3.51. The van der Waals surface area contributed by atoms with E-state index in [0.717, 1.165) is 57.9 Å². The first-order chi connectivity index (χ1) is 14.5. The van der Waals surface area contributed by atoms with Crippen molar-refractivity contribution in [2.24, 2.45) is 12.8 Å². The smallest absolute Gasteiger partial charge is 0.130 e. The molecule has 0 spiro atoms. The fourth-order valence-electron chi connectivity index (χ4n) is 3.66. The zero-order chi connectivity index (χ0) is 20.7. The Morgan fingerprint density at radius 3 is 2.70 bits per heavy atom. The lowest BCUT2D eigenvalue weighted by Gasteiger charge is -2.37. The van der Waals surface area contributed by atoms with E-state index >= 15 is 0 Å². The van der Waals surface area contributed by atoms with E-state index in [4.69, 9.17) is 5.73 Å². The molecule has 7 nitrogen and oxygen atoms in total.